The molecule has 0 amide bonds. The first-order valence-electron chi connectivity index (χ1n) is 16.7. The minimum Gasteiger partial charge on any atom is -0.368 e. The van der Waals surface area contributed by atoms with Crippen molar-refractivity contribution < 1.29 is 18.3 Å². The highest BCUT2D eigenvalue weighted by atomic mass is 19.1. The second kappa shape index (κ2) is 13.7. The Hall–Kier alpha value is -4.72. The molecule has 4 heterocycles. The predicted molar refractivity (Wildman–Crippen MR) is 179 cm³/mol. The summed E-state index contributed by atoms with van der Waals surface area (Å²) in [6.45, 7) is 6.79. The van der Waals surface area contributed by atoms with Crippen LogP contribution in [-0.2, 0) is 27.3 Å². The SMILES string of the molecule is CCC(C)n1ncn(-c2ccc(N3CCNCC3(OCC3COC(Cn4cncn4)(c4ccc(F)cc4F)C3)c3ccccc3)cc2)c1=O. The molecule has 256 valence electrons. The van der Waals surface area contributed by atoms with E-state index >= 15 is 4.39 Å². The zero-order chi connectivity index (χ0) is 34.0. The van der Waals surface area contributed by atoms with Crippen molar-refractivity contribution in [1.29, 1.82) is 0 Å². The zero-order valence-corrected chi connectivity index (χ0v) is 27.6. The standard InChI is InChI=1S/C36H40F2N8O3/c1-3-26(2)46-34(47)44(25-42-46)30-10-12-31(13-11-30)45-16-15-39-21-36(45,28-7-5-4-6-8-28)49-20-27-18-35(48-19-27,22-43-24-40-23-41-43)32-14-9-29(37)17-33(32)38/h4-14,17,23-27,39H,3,15-16,18-22H2,1-2H3. The van der Waals surface area contributed by atoms with Crippen LogP contribution >= 0.6 is 0 Å². The van der Waals surface area contributed by atoms with Crippen LogP contribution in [0.1, 0.15) is 43.9 Å². The van der Waals surface area contributed by atoms with E-state index < -0.39 is 23.0 Å². The summed E-state index contributed by atoms with van der Waals surface area (Å²) in [4.78, 5) is 19.4. The summed E-state index contributed by atoms with van der Waals surface area (Å²) in [7, 11) is 0. The molecule has 0 spiro atoms. The van der Waals surface area contributed by atoms with Crippen LogP contribution in [0.5, 0.6) is 0 Å². The average Bonchev–Trinajstić information content (AvgIpc) is 3.89. The fourth-order valence-corrected chi connectivity index (χ4v) is 7.04. The lowest BCUT2D eigenvalue weighted by molar-refractivity contribution is -0.0745. The highest BCUT2D eigenvalue weighted by Crippen LogP contribution is 2.43. The first-order chi connectivity index (χ1) is 23.8. The third kappa shape index (κ3) is 6.29. The lowest BCUT2D eigenvalue weighted by Crippen LogP contribution is -2.61. The first-order valence-corrected chi connectivity index (χ1v) is 16.7. The van der Waals surface area contributed by atoms with Crippen LogP contribution in [-0.4, -0.2) is 62.0 Å². The number of piperazine rings is 1. The zero-order valence-electron chi connectivity index (χ0n) is 27.6. The van der Waals surface area contributed by atoms with Gasteiger partial charge >= 0.3 is 5.69 Å². The lowest BCUT2D eigenvalue weighted by Gasteiger charge is -2.49. The van der Waals surface area contributed by atoms with E-state index in [0.29, 0.717) is 32.7 Å². The molecule has 11 nitrogen and oxygen atoms in total. The molecule has 4 atom stereocenters. The quantitative estimate of drug-likeness (QED) is 0.214. The van der Waals surface area contributed by atoms with Gasteiger partial charge in [0.05, 0.1) is 31.5 Å². The Balaban J connectivity index is 1.17. The maximum atomic E-state index is 15.3. The molecule has 0 aliphatic carbocycles. The van der Waals surface area contributed by atoms with E-state index in [-0.39, 0.29) is 29.8 Å². The number of rotatable bonds is 11. The molecule has 2 aromatic heterocycles. The molecule has 2 saturated heterocycles. The molecule has 7 rings (SSSR count). The van der Waals surface area contributed by atoms with Gasteiger partial charge in [-0.2, -0.15) is 10.2 Å². The number of benzene rings is 3. The Morgan fingerprint density at radius 3 is 2.57 bits per heavy atom. The van der Waals surface area contributed by atoms with Crippen LogP contribution in [0.2, 0.25) is 0 Å². The number of halogens is 2. The molecule has 2 aliphatic rings. The fraction of sp³-hybridized carbons (Fsp3) is 0.389. The van der Waals surface area contributed by atoms with Gasteiger partial charge in [0.15, 0.2) is 5.72 Å². The Bertz CT molecular complexity index is 1920. The molecular formula is C36H40F2N8O3. The molecule has 2 aliphatic heterocycles. The van der Waals surface area contributed by atoms with Gasteiger partial charge in [-0.1, -0.05) is 43.3 Å². The summed E-state index contributed by atoms with van der Waals surface area (Å²) < 4.78 is 47.3. The molecule has 0 bridgehead atoms. The number of hydrogen-bond acceptors (Lipinski definition) is 8. The van der Waals surface area contributed by atoms with Crippen LogP contribution < -0.4 is 15.9 Å². The highest BCUT2D eigenvalue weighted by Gasteiger charge is 2.47. The van der Waals surface area contributed by atoms with E-state index in [2.05, 4.69) is 37.5 Å². The normalized spacial score (nSPS) is 23.2. The largest absolute Gasteiger partial charge is 0.368 e. The number of anilines is 1. The van der Waals surface area contributed by atoms with E-state index in [0.717, 1.165) is 36.0 Å². The number of aromatic nitrogens is 6. The Morgan fingerprint density at radius 2 is 1.84 bits per heavy atom. The van der Waals surface area contributed by atoms with Crippen molar-refractivity contribution in [3.63, 3.8) is 0 Å². The molecule has 5 aromatic rings. The third-order valence-corrected chi connectivity index (χ3v) is 9.76. The Morgan fingerprint density at radius 1 is 1.04 bits per heavy atom. The summed E-state index contributed by atoms with van der Waals surface area (Å²) in [6, 6.07) is 21.6. The average molecular weight is 671 g/mol. The van der Waals surface area contributed by atoms with Crippen molar-refractivity contribution >= 4 is 5.69 Å². The van der Waals surface area contributed by atoms with Crippen molar-refractivity contribution in [3.05, 3.63) is 125 Å². The first kappa shape index (κ1) is 32.8. The molecule has 4 unspecified atom stereocenters. The number of hydrogen-bond donors (Lipinski definition) is 1. The van der Waals surface area contributed by atoms with Gasteiger partial charge in [0, 0.05) is 48.4 Å². The Kier molecular flexibility index (Phi) is 9.14. The molecule has 2 fully saturated rings. The van der Waals surface area contributed by atoms with Gasteiger partial charge in [-0.3, -0.25) is 0 Å². The van der Waals surface area contributed by atoms with Gasteiger partial charge < -0.3 is 19.7 Å². The molecule has 13 heteroatoms. The maximum Gasteiger partial charge on any atom is 0.350 e. The highest BCUT2D eigenvalue weighted by molar-refractivity contribution is 5.54. The van der Waals surface area contributed by atoms with Crippen molar-refractivity contribution in [2.75, 3.05) is 37.7 Å². The van der Waals surface area contributed by atoms with Crippen molar-refractivity contribution in [2.24, 2.45) is 5.92 Å². The second-order valence-corrected chi connectivity index (χ2v) is 12.9. The fourth-order valence-electron chi connectivity index (χ4n) is 7.04. The van der Waals surface area contributed by atoms with E-state index in [1.807, 2.05) is 56.3 Å². The molecule has 1 N–H and O–H groups in total. The maximum absolute atomic E-state index is 15.3. The van der Waals surface area contributed by atoms with E-state index in [1.54, 1.807) is 21.9 Å². The van der Waals surface area contributed by atoms with Gasteiger partial charge in [-0.05, 0) is 50.1 Å². The van der Waals surface area contributed by atoms with Gasteiger partial charge in [0.25, 0.3) is 0 Å². The third-order valence-electron chi connectivity index (χ3n) is 9.76. The minimum atomic E-state index is -1.08. The van der Waals surface area contributed by atoms with Crippen LogP contribution in [0.15, 0.2) is 96.6 Å². The predicted octanol–water partition coefficient (Wildman–Crippen LogP) is 4.79. The van der Waals surface area contributed by atoms with Gasteiger partial charge in [0.2, 0.25) is 0 Å². The minimum absolute atomic E-state index is 0.00483. The van der Waals surface area contributed by atoms with Gasteiger partial charge in [0.1, 0.15) is 36.2 Å². The molecule has 49 heavy (non-hydrogen) atoms. The van der Waals surface area contributed by atoms with Crippen LogP contribution in [0.4, 0.5) is 14.5 Å². The van der Waals surface area contributed by atoms with Crippen LogP contribution in [0, 0.1) is 17.6 Å². The molecule has 3 aromatic carbocycles. The van der Waals surface area contributed by atoms with Crippen molar-refractivity contribution in [2.45, 2.75) is 50.6 Å². The van der Waals surface area contributed by atoms with Gasteiger partial charge in [-0.15, -0.1) is 0 Å². The summed E-state index contributed by atoms with van der Waals surface area (Å²) >= 11 is 0. The van der Waals surface area contributed by atoms with Crippen LogP contribution in [0.25, 0.3) is 5.69 Å². The smallest absolute Gasteiger partial charge is 0.350 e. The van der Waals surface area contributed by atoms with Crippen molar-refractivity contribution in [3.8, 4) is 5.69 Å². The summed E-state index contributed by atoms with van der Waals surface area (Å²) in [6.07, 6.45) is 5.78. The number of ether oxygens (including phenoxy) is 2. The molecular weight excluding hydrogens is 630 g/mol. The monoisotopic (exact) mass is 670 g/mol. The second-order valence-electron chi connectivity index (χ2n) is 12.9. The van der Waals surface area contributed by atoms with E-state index in [1.165, 1.54) is 23.1 Å². The topological polar surface area (TPSA) is 104 Å². The molecule has 0 saturated carbocycles. The summed E-state index contributed by atoms with van der Waals surface area (Å²) in [5.74, 6) is -1.41. The summed E-state index contributed by atoms with van der Waals surface area (Å²) in [5, 5.41) is 12.1. The Labute approximate surface area is 283 Å². The molecule has 0 radical (unpaired) electrons. The lowest BCUT2D eigenvalue weighted by atomic mass is 9.86. The number of nitrogens with one attached hydrogen (secondary N) is 1. The van der Waals surface area contributed by atoms with E-state index in [9.17, 15) is 9.18 Å². The van der Waals surface area contributed by atoms with Gasteiger partial charge in [-0.25, -0.2) is 32.5 Å². The van der Waals surface area contributed by atoms with Crippen molar-refractivity contribution in [1.82, 2.24) is 34.4 Å². The van der Waals surface area contributed by atoms with E-state index in [4.69, 9.17) is 9.47 Å². The summed E-state index contributed by atoms with van der Waals surface area (Å²) in [5.41, 5.74) is 0.787. The number of nitrogens with zero attached hydrogens (tertiary/aromatic N) is 7. The van der Waals surface area contributed by atoms with Crippen LogP contribution in [0.3, 0.4) is 0 Å².